The van der Waals surface area contributed by atoms with Crippen LogP contribution < -0.4 is 4.74 Å². The van der Waals surface area contributed by atoms with Crippen LogP contribution >= 0.6 is 0 Å². The summed E-state index contributed by atoms with van der Waals surface area (Å²) in [5.41, 5.74) is 2.54. The van der Waals surface area contributed by atoms with Crippen molar-refractivity contribution < 1.29 is 9.15 Å². The van der Waals surface area contributed by atoms with Crippen LogP contribution in [0.15, 0.2) is 59.2 Å². The molecule has 0 aliphatic rings. The summed E-state index contributed by atoms with van der Waals surface area (Å²) in [5, 5.41) is 9.93. The van der Waals surface area contributed by atoms with Gasteiger partial charge in [0.05, 0.1) is 23.8 Å². The average Bonchev–Trinajstić information content (AvgIpc) is 3.09. The number of hydrogen-bond acceptors (Lipinski definition) is 3. The number of nitriles is 1. The van der Waals surface area contributed by atoms with Gasteiger partial charge < -0.3 is 9.15 Å². The first-order valence-corrected chi connectivity index (χ1v) is 7.95. The molecule has 0 N–H and O–H groups in total. The molecule has 0 atom stereocenters. The highest BCUT2D eigenvalue weighted by Gasteiger charge is 2.09. The van der Waals surface area contributed by atoms with Crippen LogP contribution in [0.5, 0.6) is 5.75 Å². The van der Waals surface area contributed by atoms with Crippen molar-refractivity contribution in [1.82, 2.24) is 0 Å². The highest BCUT2D eigenvalue weighted by Crippen LogP contribution is 2.29. The van der Waals surface area contributed by atoms with E-state index < -0.39 is 0 Å². The third kappa shape index (κ3) is 3.73. The zero-order valence-corrected chi connectivity index (χ0v) is 13.0. The summed E-state index contributed by atoms with van der Waals surface area (Å²) >= 11 is 0. The standard InChI is InChI=1S/C20H19NO2/c21-15-17-10-11-19(18-12-14-23-20(17)18)22-13-6-2-5-9-16-7-3-1-4-8-16/h1,3-4,7-8,10-12,14H,2,5-6,9,13H2. The lowest BCUT2D eigenvalue weighted by Gasteiger charge is -2.07. The van der Waals surface area contributed by atoms with Gasteiger partial charge >= 0.3 is 0 Å². The highest BCUT2D eigenvalue weighted by molar-refractivity contribution is 5.88. The summed E-state index contributed by atoms with van der Waals surface area (Å²) in [7, 11) is 0. The first-order valence-electron chi connectivity index (χ1n) is 7.95. The second-order valence-corrected chi connectivity index (χ2v) is 5.53. The number of unbranched alkanes of at least 4 members (excludes halogenated alkanes) is 2. The first-order chi connectivity index (χ1) is 11.4. The number of fused-ring (bicyclic) bond motifs is 1. The molecule has 3 rings (SSSR count). The summed E-state index contributed by atoms with van der Waals surface area (Å²) in [4.78, 5) is 0. The summed E-state index contributed by atoms with van der Waals surface area (Å²) in [6, 6.07) is 18.1. The lowest BCUT2D eigenvalue weighted by Crippen LogP contribution is -1.98. The van der Waals surface area contributed by atoms with E-state index >= 15 is 0 Å². The molecule has 0 amide bonds. The van der Waals surface area contributed by atoms with Gasteiger partial charge in [0.15, 0.2) is 5.58 Å². The number of furan rings is 1. The van der Waals surface area contributed by atoms with E-state index in [0.29, 0.717) is 17.8 Å². The fraction of sp³-hybridized carbons (Fsp3) is 0.250. The molecule has 23 heavy (non-hydrogen) atoms. The first kappa shape index (κ1) is 15.2. The molecular weight excluding hydrogens is 286 g/mol. The van der Waals surface area contributed by atoms with Gasteiger partial charge in [0.25, 0.3) is 0 Å². The van der Waals surface area contributed by atoms with Gasteiger partial charge in [-0.1, -0.05) is 30.3 Å². The van der Waals surface area contributed by atoms with Crippen molar-refractivity contribution in [3.8, 4) is 11.8 Å². The summed E-state index contributed by atoms with van der Waals surface area (Å²) in [5.74, 6) is 0.788. The molecule has 3 heteroatoms. The SMILES string of the molecule is N#Cc1ccc(OCCCCCc2ccccc2)c2ccoc12. The molecule has 1 heterocycles. The zero-order valence-electron chi connectivity index (χ0n) is 13.0. The fourth-order valence-corrected chi connectivity index (χ4v) is 2.69. The molecule has 3 aromatic rings. The Balaban J connectivity index is 1.46. The summed E-state index contributed by atoms with van der Waals surface area (Å²) < 4.78 is 11.2. The Labute approximate surface area is 136 Å². The maximum absolute atomic E-state index is 9.06. The van der Waals surface area contributed by atoms with E-state index in [2.05, 4.69) is 30.3 Å². The van der Waals surface area contributed by atoms with Gasteiger partial charge in [-0.3, -0.25) is 0 Å². The molecule has 0 saturated heterocycles. The number of ether oxygens (including phenoxy) is 1. The minimum Gasteiger partial charge on any atom is -0.493 e. The smallest absolute Gasteiger partial charge is 0.155 e. The van der Waals surface area contributed by atoms with E-state index in [0.717, 1.165) is 30.4 Å². The van der Waals surface area contributed by atoms with E-state index in [1.165, 1.54) is 12.0 Å². The second kappa shape index (κ2) is 7.51. The number of aryl methyl sites for hydroxylation is 1. The van der Waals surface area contributed by atoms with Crippen molar-refractivity contribution in [2.75, 3.05) is 6.61 Å². The Bertz CT molecular complexity index is 799. The molecule has 0 bridgehead atoms. The van der Waals surface area contributed by atoms with Crippen LogP contribution in [-0.2, 0) is 6.42 Å². The summed E-state index contributed by atoms with van der Waals surface area (Å²) in [6.45, 7) is 0.682. The van der Waals surface area contributed by atoms with Crippen LogP contribution in [0.4, 0.5) is 0 Å². The van der Waals surface area contributed by atoms with Crippen molar-refractivity contribution in [2.45, 2.75) is 25.7 Å². The van der Waals surface area contributed by atoms with Gasteiger partial charge in [-0.2, -0.15) is 5.26 Å². The van der Waals surface area contributed by atoms with E-state index in [-0.39, 0.29) is 0 Å². The van der Waals surface area contributed by atoms with Gasteiger partial charge in [-0.05, 0) is 49.4 Å². The van der Waals surface area contributed by atoms with E-state index in [9.17, 15) is 0 Å². The molecule has 0 spiro atoms. The second-order valence-electron chi connectivity index (χ2n) is 5.53. The quantitative estimate of drug-likeness (QED) is 0.571. The predicted octanol–water partition coefficient (Wildman–Crippen LogP) is 5.10. The molecule has 0 unspecified atom stereocenters. The molecule has 0 saturated carbocycles. The monoisotopic (exact) mass is 305 g/mol. The average molecular weight is 305 g/mol. The largest absolute Gasteiger partial charge is 0.493 e. The van der Waals surface area contributed by atoms with Gasteiger partial charge in [0, 0.05) is 0 Å². The Morgan fingerprint density at radius 1 is 0.957 bits per heavy atom. The Morgan fingerprint density at radius 2 is 1.83 bits per heavy atom. The van der Waals surface area contributed by atoms with Crippen LogP contribution in [0.25, 0.3) is 11.0 Å². The van der Waals surface area contributed by atoms with Gasteiger partial charge in [-0.15, -0.1) is 0 Å². The Morgan fingerprint density at radius 3 is 2.65 bits per heavy atom. The van der Waals surface area contributed by atoms with Crippen molar-refractivity contribution >= 4 is 11.0 Å². The zero-order chi connectivity index (χ0) is 15.9. The third-order valence-corrected chi connectivity index (χ3v) is 3.91. The van der Waals surface area contributed by atoms with Crippen LogP contribution in [0.3, 0.4) is 0 Å². The number of rotatable bonds is 7. The number of benzene rings is 2. The van der Waals surface area contributed by atoms with Crippen molar-refractivity contribution in [2.24, 2.45) is 0 Å². The van der Waals surface area contributed by atoms with Gasteiger partial charge in [0.2, 0.25) is 0 Å². The fourth-order valence-electron chi connectivity index (χ4n) is 2.69. The Hall–Kier alpha value is -2.73. The molecule has 0 aliphatic carbocycles. The molecule has 116 valence electrons. The molecule has 0 radical (unpaired) electrons. The van der Waals surface area contributed by atoms with Crippen molar-refractivity contribution in [3.63, 3.8) is 0 Å². The number of nitrogens with zero attached hydrogens (tertiary/aromatic N) is 1. The third-order valence-electron chi connectivity index (χ3n) is 3.91. The molecule has 0 fully saturated rings. The van der Waals surface area contributed by atoms with E-state index in [1.54, 1.807) is 12.3 Å². The predicted molar refractivity (Wildman–Crippen MR) is 90.4 cm³/mol. The minimum atomic E-state index is 0.542. The van der Waals surface area contributed by atoms with Crippen LogP contribution in [0.1, 0.15) is 30.4 Å². The van der Waals surface area contributed by atoms with Crippen LogP contribution in [0, 0.1) is 11.3 Å². The summed E-state index contributed by atoms with van der Waals surface area (Å²) in [6.07, 6.45) is 6.04. The number of hydrogen-bond donors (Lipinski definition) is 0. The van der Waals surface area contributed by atoms with Crippen molar-refractivity contribution in [3.05, 3.63) is 65.9 Å². The van der Waals surface area contributed by atoms with E-state index in [4.69, 9.17) is 14.4 Å². The molecule has 0 aliphatic heterocycles. The van der Waals surface area contributed by atoms with E-state index in [1.807, 2.05) is 18.2 Å². The minimum absolute atomic E-state index is 0.542. The topological polar surface area (TPSA) is 46.2 Å². The van der Waals surface area contributed by atoms with Gasteiger partial charge in [-0.25, -0.2) is 0 Å². The van der Waals surface area contributed by atoms with Crippen LogP contribution in [0.2, 0.25) is 0 Å². The maximum Gasteiger partial charge on any atom is 0.155 e. The normalized spacial score (nSPS) is 10.6. The lowest BCUT2D eigenvalue weighted by molar-refractivity contribution is 0.308. The molecule has 3 nitrogen and oxygen atoms in total. The molecule has 2 aromatic carbocycles. The maximum atomic E-state index is 9.06. The lowest BCUT2D eigenvalue weighted by atomic mass is 10.1. The van der Waals surface area contributed by atoms with Gasteiger partial charge in [0.1, 0.15) is 11.8 Å². The van der Waals surface area contributed by atoms with Crippen LogP contribution in [-0.4, -0.2) is 6.61 Å². The van der Waals surface area contributed by atoms with Crippen molar-refractivity contribution in [1.29, 1.82) is 5.26 Å². The molecular formula is C20H19NO2. The highest BCUT2D eigenvalue weighted by atomic mass is 16.5. The molecule has 1 aromatic heterocycles. The Kier molecular flexibility index (Phi) is 4.95.